The van der Waals surface area contributed by atoms with Gasteiger partial charge in [0.2, 0.25) is 0 Å². The second-order valence-electron chi connectivity index (χ2n) is 13.6. The summed E-state index contributed by atoms with van der Waals surface area (Å²) in [5.74, 6) is 3.52. The molecule has 4 saturated carbocycles. The largest absolute Gasteiger partial charge is 0.391 e. The molecule has 0 radical (unpaired) electrons. The van der Waals surface area contributed by atoms with Crippen LogP contribution in [0.1, 0.15) is 104 Å². The van der Waals surface area contributed by atoms with Crippen molar-refractivity contribution in [2.45, 2.75) is 122 Å². The van der Waals surface area contributed by atoms with Crippen molar-refractivity contribution in [3.05, 3.63) is 0 Å². The molecule has 2 saturated heterocycles. The molecule has 4 aliphatic carbocycles. The second kappa shape index (κ2) is 8.52. The van der Waals surface area contributed by atoms with Gasteiger partial charge in [-0.25, -0.2) is 0 Å². The van der Waals surface area contributed by atoms with Crippen molar-refractivity contribution in [2.24, 2.45) is 34.5 Å². The van der Waals surface area contributed by atoms with Gasteiger partial charge in [0, 0.05) is 12.1 Å². The Bertz CT molecular complexity index is 670. The van der Waals surface area contributed by atoms with Crippen LogP contribution in [-0.2, 0) is 0 Å². The Labute approximate surface area is 197 Å². The topological polar surface area (TPSA) is 26.7 Å². The molecule has 3 heteroatoms. The Morgan fingerprint density at radius 3 is 2.06 bits per heavy atom. The van der Waals surface area contributed by atoms with Gasteiger partial charge in [-0.3, -0.25) is 4.90 Å². The molecule has 3 nitrogen and oxygen atoms in total. The fourth-order valence-corrected chi connectivity index (χ4v) is 10.5. The maximum Gasteiger partial charge on any atom is 0.0751 e. The average Bonchev–Trinajstić information content (AvgIpc) is 3.10. The third-order valence-corrected chi connectivity index (χ3v) is 12.3. The van der Waals surface area contributed by atoms with E-state index in [9.17, 15) is 5.11 Å². The van der Waals surface area contributed by atoms with Crippen molar-refractivity contribution in [3.63, 3.8) is 0 Å². The van der Waals surface area contributed by atoms with E-state index in [1.54, 1.807) is 0 Å². The highest BCUT2D eigenvalue weighted by Crippen LogP contribution is 2.66. The number of piperidine rings is 2. The number of likely N-dealkylation sites (tertiary alicyclic amines) is 2. The monoisotopic (exact) mass is 442 g/mol. The van der Waals surface area contributed by atoms with Gasteiger partial charge < -0.3 is 10.0 Å². The van der Waals surface area contributed by atoms with Gasteiger partial charge in [0.05, 0.1) is 6.10 Å². The van der Waals surface area contributed by atoms with Crippen molar-refractivity contribution >= 4 is 0 Å². The summed E-state index contributed by atoms with van der Waals surface area (Å²) in [6.45, 7) is 10.4. The molecular formula is C29H50N2O. The molecule has 6 aliphatic rings. The van der Waals surface area contributed by atoms with Crippen LogP contribution in [0.2, 0.25) is 0 Å². The van der Waals surface area contributed by atoms with Crippen LogP contribution < -0.4 is 0 Å². The highest BCUT2D eigenvalue weighted by molar-refractivity contribution is 5.13. The molecule has 0 aromatic rings. The molecule has 0 bridgehead atoms. The summed E-state index contributed by atoms with van der Waals surface area (Å²) in [5.41, 5.74) is 0.728. The third kappa shape index (κ3) is 3.46. The summed E-state index contributed by atoms with van der Waals surface area (Å²) in [4.78, 5) is 5.60. The maximum absolute atomic E-state index is 11.6. The summed E-state index contributed by atoms with van der Waals surface area (Å²) in [6, 6.07) is 1.31. The van der Waals surface area contributed by atoms with Crippen LogP contribution in [0.3, 0.4) is 0 Å². The molecule has 0 aromatic carbocycles. The van der Waals surface area contributed by atoms with E-state index in [-0.39, 0.29) is 11.5 Å². The van der Waals surface area contributed by atoms with Crippen molar-refractivity contribution in [3.8, 4) is 0 Å². The van der Waals surface area contributed by atoms with Gasteiger partial charge in [-0.2, -0.15) is 0 Å². The van der Waals surface area contributed by atoms with Crippen LogP contribution in [0.5, 0.6) is 0 Å². The van der Waals surface area contributed by atoms with E-state index in [0.717, 1.165) is 29.7 Å². The number of hydrogen-bond acceptors (Lipinski definition) is 3. The summed E-state index contributed by atoms with van der Waals surface area (Å²) in [7, 11) is 0. The van der Waals surface area contributed by atoms with Crippen LogP contribution in [0.15, 0.2) is 0 Å². The van der Waals surface area contributed by atoms with Gasteiger partial charge in [-0.15, -0.1) is 0 Å². The van der Waals surface area contributed by atoms with Crippen LogP contribution in [0.25, 0.3) is 0 Å². The van der Waals surface area contributed by atoms with Crippen molar-refractivity contribution in [1.29, 1.82) is 0 Å². The number of fused-ring (bicyclic) bond motifs is 5. The smallest absolute Gasteiger partial charge is 0.0751 e. The van der Waals surface area contributed by atoms with Gasteiger partial charge in [-0.1, -0.05) is 26.7 Å². The predicted octanol–water partition coefficient (Wildman–Crippen LogP) is 5.71. The Kier molecular flexibility index (Phi) is 5.95. The minimum Gasteiger partial charge on any atom is -0.391 e. The predicted molar refractivity (Wildman–Crippen MR) is 132 cm³/mol. The van der Waals surface area contributed by atoms with Gasteiger partial charge in [0.25, 0.3) is 0 Å². The number of rotatable bonds is 2. The zero-order valence-electron chi connectivity index (χ0n) is 21.1. The van der Waals surface area contributed by atoms with Crippen LogP contribution in [-0.4, -0.2) is 59.3 Å². The summed E-state index contributed by atoms with van der Waals surface area (Å²) >= 11 is 0. The lowest BCUT2D eigenvalue weighted by Crippen LogP contribution is -2.57. The first-order valence-corrected chi connectivity index (χ1v) is 14.7. The molecule has 2 aliphatic heterocycles. The molecule has 182 valence electrons. The normalized spacial score (nSPS) is 52.8. The van der Waals surface area contributed by atoms with E-state index in [4.69, 9.17) is 0 Å². The first kappa shape index (κ1) is 22.4. The van der Waals surface area contributed by atoms with E-state index < -0.39 is 0 Å². The molecule has 0 spiro atoms. The zero-order valence-corrected chi connectivity index (χ0v) is 21.1. The summed E-state index contributed by atoms with van der Waals surface area (Å²) in [6.07, 6.45) is 19.6. The molecular weight excluding hydrogens is 392 g/mol. The van der Waals surface area contributed by atoms with Gasteiger partial charge >= 0.3 is 0 Å². The summed E-state index contributed by atoms with van der Waals surface area (Å²) < 4.78 is 0. The molecule has 9 atom stereocenters. The third-order valence-electron chi connectivity index (χ3n) is 12.3. The minimum absolute atomic E-state index is 0.0930. The lowest BCUT2D eigenvalue weighted by molar-refractivity contribution is -0.133. The SMILES string of the molecule is C[C@]12CC(N3CCCCC3)CCC1CC[C@@H]1[C@H]2CC[C@]2(C)C(O)C(N3CCCCC3)C[C@@H]12. The quantitative estimate of drug-likeness (QED) is 0.593. The molecule has 1 N–H and O–H groups in total. The fourth-order valence-electron chi connectivity index (χ4n) is 10.5. The number of aliphatic hydroxyl groups is 1. The minimum atomic E-state index is -0.0930. The Balaban J connectivity index is 1.22. The van der Waals surface area contributed by atoms with Crippen LogP contribution in [0, 0.1) is 34.5 Å². The summed E-state index contributed by atoms with van der Waals surface area (Å²) in [5, 5.41) is 11.6. The highest BCUT2D eigenvalue weighted by atomic mass is 16.3. The van der Waals surface area contributed by atoms with E-state index in [0.29, 0.717) is 11.5 Å². The van der Waals surface area contributed by atoms with Gasteiger partial charge in [-0.05, 0) is 138 Å². The molecule has 32 heavy (non-hydrogen) atoms. The lowest BCUT2D eigenvalue weighted by Gasteiger charge is -2.61. The van der Waals surface area contributed by atoms with E-state index in [2.05, 4.69) is 23.6 Å². The Morgan fingerprint density at radius 1 is 0.688 bits per heavy atom. The van der Waals surface area contributed by atoms with Crippen molar-refractivity contribution < 1.29 is 5.11 Å². The Morgan fingerprint density at radius 2 is 1.34 bits per heavy atom. The van der Waals surface area contributed by atoms with E-state index in [1.807, 2.05) is 0 Å². The number of nitrogens with zero attached hydrogens (tertiary/aromatic N) is 2. The molecule has 6 rings (SSSR count). The second-order valence-corrected chi connectivity index (χ2v) is 13.6. The molecule has 2 heterocycles. The fraction of sp³-hybridized carbons (Fsp3) is 1.00. The standard InChI is InChI=1S/C29H50N2O/c1-28-14-13-24-23(25(28)19-26(27(28)32)31-17-7-4-8-18-31)12-10-21-9-11-22(20-29(21,24)2)30-15-5-3-6-16-30/h21-27,32H,3-20H2,1-2H3/t21?,22?,23-,24-,25+,26?,27?,28+,29+/m1/s1. The highest BCUT2D eigenvalue weighted by Gasteiger charge is 2.63. The van der Waals surface area contributed by atoms with Gasteiger partial charge in [0.15, 0.2) is 0 Å². The Hall–Kier alpha value is -0.120. The van der Waals surface area contributed by atoms with Crippen molar-refractivity contribution in [1.82, 2.24) is 9.80 Å². The molecule has 0 aromatic heterocycles. The first-order valence-electron chi connectivity index (χ1n) is 14.7. The lowest BCUT2D eigenvalue weighted by atomic mass is 9.45. The van der Waals surface area contributed by atoms with Crippen molar-refractivity contribution in [2.75, 3.05) is 26.2 Å². The maximum atomic E-state index is 11.6. The zero-order chi connectivity index (χ0) is 21.9. The van der Waals surface area contributed by atoms with E-state index >= 15 is 0 Å². The molecule has 6 fully saturated rings. The first-order chi connectivity index (χ1) is 15.5. The van der Waals surface area contributed by atoms with Gasteiger partial charge in [0.1, 0.15) is 0 Å². The molecule has 4 unspecified atom stereocenters. The number of aliphatic hydroxyl groups excluding tert-OH is 1. The number of hydrogen-bond donors (Lipinski definition) is 1. The average molecular weight is 443 g/mol. The molecule has 0 amide bonds. The van der Waals surface area contributed by atoms with E-state index in [1.165, 1.54) is 116 Å². The van der Waals surface area contributed by atoms with Crippen LogP contribution in [0.4, 0.5) is 0 Å². The van der Waals surface area contributed by atoms with Crippen LogP contribution >= 0.6 is 0 Å².